The van der Waals surface area contributed by atoms with E-state index in [2.05, 4.69) is 24.6 Å². The summed E-state index contributed by atoms with van der Waals surface area (Å²) >= 11 is 0. The molecular weight excluding hydrogens is 738 g/mol. The molecule has 11 N–H and O–H groups in total. The Kier molecular flexibility index (Phi) is 11.0. The summed E-state index contributed by atoms with van der Waals surface area (Å²) in [6, 6.07) is 12.9. The van der Waals surface area contributed by atoms with Crippen molar-refractivity contribution in [2.75, 3.05) is 18.9 Å². The fourth-order valence-electron chi connectivity index (χ4n) is 5.68. The van der Waals surface area contributed by atoms with Crippen molar-refractivity contribution in [3.05, 3.63) is 64.7 Å². The summed E-state index contributed by atoms with van der Waals surface area (Å²) in [6.45, 7) is -1.47. The van der Waals surface area contributed by atoms with Crippen molar-refractivity contribution in [3.8, 4) is 0 Å². The molecule has 2 fully saturated rings. The van der Waals surface area contributed by atoms with Gasteiger partial charge in [0.15, 0.2) is 23.7 Å². The van der Waals surface area contributed by atoms with Crippen LogP contribution >= 0.6 is 15.6 Å². The van der Waals surface area contributed by atoms with Crippen molar-refractivity contribution in [1.82, 2.24) is 24.8 Å². The van der Waals surface area contributed by atoms with Crippen molar-refractivity contribution in [2.45, 2.75) is 61.7 Å². The first-order valence-electron chi connectivity index (χ1n) is 15.4. The van der Waals surface area contributed by atoms with Crippen molar-refractivity contribution in [3.63, 3.8) is 0 Å². The normalized spacial score (nSPS) is 30.2. The van der Waals surface area contributed by atoms with E-state index in [1.54, 1.807) is 6.07 Å². The van der Waals surface area contributed by atoms with Crippen LogP contribution < -0.4 is 16.6 Å². The van der Waals surface area contributed by atoms with E-state index >= 15 is 0 Å². The van der Waals surface area contributed by atoms with Gasteiger partial charge in [-0.05, 0) is 16.3 Å². The summed E-state index contributed by atoms with van der Waals surface area (Å²) in [5, 5.41) is 56.5. The lowest BCUT2D eigenvalue weighted by atomic mass is 9.99. The van der Waals surface area contributed by atoms with E-state index in [1.165, 1.54) is 0 Å². The number of phosphoric acid groups is 2. The predicted octanol–water partition coefficient (Wildman–Crippen LogP) is -2.11. The summed E-state index contributed by atoms with van der Waals surface area (Å²) < 4.78 is 50.9. The van der Waals surface area contributed by atoms with Crippen LogP contribution in [0.5, 0.6) is 0 Å². The SMILES string of the molecule is Nc1nc2c(ncn2[C@@H]2O[C@H](COP(=O)(O)OP(=O)(O)O[C@H]3O[C@@H](CNC(=O)Cc4ccc5ccccc5c4)[C@@H](O)[C@@H](O)[C@@H]3O)[C@@H](O)[C@H]2O)c(=O)[nH]1. The number of carbonyl (C=O) groups is 1. The van der Waals surface area contributed by atoms with Gasteiger partial charge < -0.3 is 55.8 Å². The molecule has 1 amide bonds. The first-order chi connectivity index (χ1) is 24.5. The molecule has 24 heteroatoms. The summed E-state index contributed by atoms with van der Waals surface area (Å²) in [5.74, 6) is -0.794. The van der Waals surface area contributed by atoms with Crippen LogP contribution in [-0.2, 0) is 43.2 Å². The maximum atomic E-state index is 12.7. The van der Waals surface area contributed by atoms with Gasteiger partial charge in [-0.2, -0.15) is 9.29 Å². The monoisotopic (exact) mass is 772 g/mol. The Bertz CT molecular complexity index is 2100. The third kappa shape index (κ3) is 8.25. The molecule has 2 aromatic carbocycles. The number of nitrogens with two attached hydrogens (primary N) is 1. The molecule has 2 saturated heterocycles. The van der Waals surface area contributed by atoms with Crippen LogP contribution in [0.15, 0.2) is 53.6 Å². The number of nitrogen functional groups attached to an aromatic ring is 1. The van der Waals surface area contributed by atoms with Crippen molar-refractivity contribution >= 4 is 49.4 Å². The van der Waals surface area contributed by atoms with Gasteiger partial charge in [0.25, 0.3) is 5.56 Å². The Hall–Kier alpha value is -3.70. The summed E-state index contributed by atoms with van der Waals surface area (Å²) in [7, 11) is -11.3. The Morgan fingerprint density at radius 1 is 0.942 bits per heavy atom. The van der Waals surface area contributed by atoms with Gasteiger partial charge in [-0.3, -0.25) is 28.2 Å². The number of carbonyl (C=O) groups excluding carboxylic acids is 1. The minimum Gasteiger partial charge on any atom is -0.388 e. The fourth-order valence-corrected chi connectivity index (χ4v) is 7.84. The van der Waals surface area contributed by atoms with Crippen molar-refractivity contribution in [1.29, 1.82) is 0 Å². The molecule has 0 bridgehead atoms. The Morgan fingerprint density at radius 3 is 2.40 bits per heavy atom. The zero-order valence-electron chi connectivity index (χ0n) is 26.6. The number of ether oxygens (including phenoxy) is 2. The summed E-state index contributed by atoms with van der Waals surface area (Å²) in [4.78, 5) is 55.1. The zero-order chi connectivity index (χ0) is 37.5. The number of hydrogen-bond donors (Lipinski definition) is 10. The van der Waals surface area contributed by atoms with Gasteiger partial charge in [-0.25, -0.2) is 14.1 Å². The van der Waals surface area contributed by atoms with E-state index in [4.69, 9.17) is 24.3 Å². The zero-order valence-corrected chi connectivity index (χ0v) is 28.3. The van der Waals surface area contributed by atoms with E-state index in [-0.39, 0.29) is 23.5 Å². The second kappa shape index (κ2) is 15.0. The average Bonchev–Trinajstić information content (AvgIpc) is 3.62. The van der Waals surface area contributed by atoms with Gasteiger partial charge in [-0.15, -0.1) is 0 Å². The molecule has 0 aliphatic carbocycles. The number of fused-ring (bicyclic) bond motifs is 2. The second-order valence-corrected chi connectivity index (χ2v) is 14.9. The molecular formula is C28H34N6O16P2. The second-order valence-electron chi connectivity index (χ2n) is 11.9. The molecule has 0 spiro atoms. The molecule has 11 atom stereocenters. The third-order valence-electron chi connectivity index (χ3n) is 8.25. The number of amides is 1. The average molecular weight is 773 g/mol. The number of phosphoric ester groups is 2. The van der Waals surface area contributed by atoms with Gasteiger partial charge >= 0.3 is 15.6 Å². The smallest absolute Gasteiger partial charge is 0.388 e. The highest BCUT2D eigenvalue weighted by Gasteiger charge is 2.50. The standard InChI is InChI=1S/C28H34N6O16P2/c29-28-32-24-18(25(41)33-28)31-11-34(24)26-22(39)20(37)16(47-26)10-46-51(42,43)50-52(44,45)49-27-23(40)21(38)19(36)15(48-27)9-30-17(35)8-12-5-6-13-3-1-2-4-14(13)7-12/h1-7,11,15-16,19-23,26-27,36-40H,8-10H2,(H,30,35)(H,42,43)(H,44,45)(H3,29,32,33,41)/t15-,16+,19+,20+,21+,22+,23-,26+,27+/m0/s1. The minimum absolute atomic E-state index is 0.0688. The van der Waals surface area contributed by atoms with Crippen LogP contribution in [0, 0.1) is 0 Å². The molecule has 2 aliphatic rings. The number of imidazole rings is 1. The van der Waals surface area contributed by atoms with Gasteiger partial charge in [0.2, 0.25) is 11.9 Å². The number of rotatable bonds is 12. The lowest BCUT2D eigenvalue weighted by Crippen LogP contribution is -2.60. The summed E-state index contributed by atoms with van der Waals surface area (Å²) in [5.41, 5.74) is 5.24. The number of nitrogens with zero attached hydrogens (tertiary/aromatic N) is 3. The van der Waals surface area contributed by atoms with Crippen molar-refractivity contribution < 1.29 is 72.1 Å². The number of anilines is 1. The van der Waals surface area contributed by atoms with Gasteiger partial charge in [0.1, 0.15) is 42.7 Å². The number of benzene rings is 2. The molecule has 0 saturated carbocycles. The van der Waals surface area contributed by atoms with E-state index in [0.29, 0.717) is 5.56 Å². The number of H-pyrrole nitrogens is 1. The maximum Gasteiger partial charge on any atom is 0.483 e. The number of aliphatic hydroxyl groups is 5. The highest BCUT2D eigenvalue weighted by Crippen LogP contribution is 2.61. The first-order valence-corrected chi connectivity index (χ1v) is 18.4. The Morgan fingerprint density at radius 2 is 1.65 bits per heavy atom. The Labute approximate surface area is 291 Å². The van der Waals surface area contributed by atoms with Crippen LogP contribution in [0.4, 0.5) is 5.95 Å². The highest BCUT2D eigenvalue weighted by molar-refractivity contribution is 7.61. The van der Waals surface area contributed by atoms with Gasteiger partial charge in [0, 0.05) is 6.54 Å². The predicted molar refractivity (Wildman–Crippen MR) is 174 cm³/mol. The van der Waals surface area contributed by atoms with Crippen LogP contribution in [0.3, 0.4) is 0 Å². The number of aromatic nitrogens is 4. The molecule has 4 aromatic rings. The number of hydrogen-bond acceptors (Lipinski definition) is 17. The van der Waals surface area contributed by atoms with Crippen molar-refractivity contribution in [2.24, 2.45) is 0 Å². The maximum absolute atomic E-state index is 12.7. The largest absolute Gasteiger partial charge is 0.483 e. The van der Waals surface area contributed by atoms with Gasteiger partial charge in [0.05, 0.1) is 19.4 Å². The molecule has 0 radical (unpaired) electrons. The topological polar surface area (TPSA) is 341 Å². The molecule has 2 aliphatic heterocycles. The third-order valence-corrected chi connectivity index (χ3v) is 10.9. The summed E-state index contributed by atoms with van der Waals surface area (Å²) in [6.07, 6.45) is -15.3. The first kappa shape index (κ1) is 38.0. The fraction of sp³-hybridized carbons (Fsp3) is 0.429. The lowest BCUT2D eigenvalue weighted by Gasteiger charge is -2.40. The van der Waals surface area contributed by atoms with E-state index in [1.807, 2.05) is 36.4 Å². The molecule has 6 rings (SSSR count). The van der Waals surface area contributed by atoms with E-state index < -0.39 is 95.5 Å². The van der Waals surface area contributed by atoms with Crippen LogP contribution in [0.1, 0.15) is 11.8 Å². The molecule has 52 heavy (non-hydrogen) atoms. The molecule has 2 unspecified atom stereocenters. The number of nitrogens with one attached hydrogen (secondary N) is 2. The van der Waals surface area contributed by atoms with Crippen LogP contribution in [0.25, 0.3) is 21.9 Å². The van der Waals surface area contributed by atoms with E-state index in [9.17, 15) is 54.0 Å². The Balaban J connectivity index is 1.03. The quantitative estimate of drug-likeness (QED) is 0.0689. The highest BCUT2D eigenvalue weighted by atomic mass is 31.3. The number of aromatic amines is 1. The molecule has 22 nitrogen and oxygen atoms in total. The minimum atomic E-state index is -5.69. The van der Waals surface area contributed by atoms with Gasteiger partial charge in [-0.1, -0.05) is 42.5 Å². The molecule has 282 valence electrons. The lowest BCUT2D eigenvalue weighted by molar-refractivity contribution is -0.273. The molecule has 2 aromatic heterocycles. The van der Waals surface area contributed by atoms with Crippen LogP contribution in [0.2, 0.25) is 0 Å². The molecule has 4 heterocycles. The van der Waals surface area contributed by atoms with E-state index in [0.717, 1.165) is 21.7 Å². The number of aliphatic hydroxyl groups excluding tert-OH is 5. The van der Waals surface area contributed by atoms with Crippen LogP contribution in [-0.4, -0.2) is 123 Å².